The van der Waals surface area contributed by atoms with E-state index in [0.29, 0.717) is 18.4 Å². The second kappa shape index (κ2) is 9.09. The van der Waals surface area contributed by atoms with Gasteiger partial charge >= 0.3 is 0 Å². The van der Waals surface area contributed by atoms with E-state index >= 15 is 0 Å². The van der Waals surface area contributed by atoms with Crippen molar-refractivity contribution < 1.29 is 14.7 Å². The van der Waals surface area contributed by atoms with Crippen LogP contribution in [0.5, 0.6) is 0 Å². The lowest BCUT2D eigenvalue weighted by molar-refractivity contribution is -0.118. The minimum absolute atomic E-state index is 0.113. The van der Waals surface area contributed by atoms with E-state index in [1.807, 2.05) is 42.7 Å². The summed E-state index contributed by atoms with van der Waals surface area (Å²) in [7, 11) is 0. The average Bonchev–Trinajstić information content (AvgIpc) is 3.11. The monoisotopic (exact) mass is 399 g/mol. The fourth-order valence-corrected chi connectivity index (χ4v) is 4.01. The maximum atomic E-state index is 12.8. The second-order valence-electron chi connectivity index (χ2n) is 8.49. The average molecular weight is 400 g/mol. The van der Waals surface area contributed by atoms with Gasteiger partial charge in [-0.15, -0.1) is 0 Å². The van der Waals surface area contributed by atoms with Crippen LogP contribution >= 0.6 is 0 Å². The Morgan fingerprint density at radius 1 is 1.21 bits per heavy atom. The number of hydrogen-bond donors (Lipinski definition) is 2. The number of amides is 1. The molecule has 0 unspecified atom stereocenters. The molecule has 1 fully saturated rings. The van der Waals surface area contributed by atoms with Crippen LogP contribution in [0, 0.1) is 0 Å². The number of hydrogen-bond acceptors (Lipinski definition) is 4. The predicted octanol–water partition coefficient (Wildman–Crippen LogP) is 3.15. The zero-order valence-corrected chi connectivity index (χ0v) is 17.8. The van der Waals surface area contributed by atoms with Crippen LogP contribution in [0.3, 0.4) is 0 Å². The number of carbonyl (C=O) groups excluding carboxylic acids is 2. The first kappa shape index (κ1) is 21.5. The van der Waals surface area contributed by atoms with Crippen molar-refractivity contribution in [1.29, 1.82) is 0 Å². The van der Waals surface area contributed by atoms with Gasteiger partial charge in [-0.2, -0.15) is 0 Å². The smallest absolute Gasteiger partial charge is 0.292 e. The van der Waals surface area contributed by atoms with Gasteiger partial charge in [-0.1, -0.05) is 31.5 Å². The Hall–Kier alpha value is -2.18. The van der Waals surface area contributed by atoms with Crippen LogP contribution in [-0.4, -0.2) is 58.0 Å². The Kier molecular flexibility index (Phi) is 6.75. The summed E-state index contributed by atoms with van der Waals surface area (Å²) in [5, 5.41) is 14.3. The molecule has 0 atom stereocenters. The zero-order valence-electron chi connectivity index (χ0n) is 17.8. The molecule has 0 spiro atoms. The molecule has 0 aliphatic carbocycles. The van der Waals surface area contributed by atoms with Crippen molar-refractivity contribution in [3.8, 4) is 0 Å². The molecule has 2 heterocycles. The molecule has 1 aromatic heterocycles. The molecule has 6 nitrogen and oxygen atoms in total. The number of piperidine rings is 1. The molecule has 1 saturated heterocycles. The van der Waals surface area contributed by atoms with E-state index in [-0.39, 0.29) is 12.6 Å². The number of benzene rings is 1. The van der Waals surface area contributed by atoms with Gasteiger partial charge in [0.05, 0.1) is 11.2 Å². The molecular weight excluding hydrogens is 366 g/mol. The normalized spacial score (nSPS) is 17.0. The minimum Gasteiger partial charge on any atom is -0.388 e. The van der Waals surface area contributed by atoms with Gasteiger partial charge < -0.3 is 19.9 Å². The highest BCUT2D eigenvalue weighted by Gasteiger charge is 2.33. The van der Waals surface area contributed by atoms with E-state index in [9.17, 15) is 14.7 Å². The largest absolute Gasteiger partial charge is 0.388 e. The number of likely N-dealkylation sites (tertiary alicyclic amines) is 1. The zero-order chi connectivity index (χ0) is 21.0. The molecule has 0 bridgehead atoms. The van der Waals surface area contributed by atoms with Crippen molar-refractivity contribution >= 4 is 22.6 Å². The number of nitrogens with zero attached hydrogens (tertiary/aromatic N) is 2. The number of unbranched alkanes of at least 4 members (excludes halogenated alkanes) is 1. The summed E-state index contributed by atoms with van der Waals surface area (Å²) in [5.74, 6) is -1.21. The first-order chi connectivity index (χ1) is 13.8. The first-order valence-electron chi connectivity index (χ1n) is 10.7. The number of rotatable bonds is 8. The van der Waals surface area contributed by atoms with Gasteiger partial charge in [0.25, 0.3) is 11.7 Å². The lowest BCUT2D eigenvalue weighted by atomic mass is 9.91. The fraction of sp³-hybridized carbons (Fsp3) is 0.565. The van der Waals surface area contributed by atoms with E-state index in [2.05, 4.69) is 17.1 Å². The first-order valence-corrected chi connectivity index (χ1v) is 10.7. The van der Waals surface area contributed by atoms with Gasteiger partial charge in [-0.05, 0) is 45.7 Å². The SMILES string of the molecule is CCCCN1CCC(O)(CNC(=O)C(=O)c2cn(C(C)C)c3ccccc23)CC1. The Morgan fingerprint density at radius 3 is 2.55 bits per heavy atom. The molecule has 2 aromatic rings. The molecule has 6 heteroatoms. The topological polar surface area (TPSA) is 74.6 Å². The van der Waals surface area contributed by atoms with Gasteiger partial charge in [0.2, 0.25) is 0 Å². The molecular formula is C23H33N3O3. The summed E-state index contributed by atoms with van der Waals surface area (Å²) in [6, 6.07) is 7.81. The summed E-state index contributed by atoms with van der Waals surface area (Å²) in [6.45, 7) is 9.07. The molecule has 3 rings (SSSR count). The number of ketones is 1. The van der Waals surface area contributed by atoms with Crippen molar-refractivity contribution in [2.24, 2.45) is 0 Å². The van der Waals surface area contributed by atoms with Gasteiger partial charge in [0.1, 0.15) is 0 Å². The summed E-state index contributed by atoms with van der Waals surface area (Å²) in [5.41, 5.74) is 0.412. The predicted molar refractivity (Wildman–Crippen MR) is 115 cm³/mol. The van der Waals surface area contributed by atoms with Crippen LogP contribution in [0.1, 0.15) is 62.9 Å². The fourth-order valence-electron chi connectivity index (χ4n) is 4.01. The Morgan fingerprint density at radius 2 is 1.90 bits per heavy atom. The van der Waals surface area contributed by atoms with Crippen molar-refractivity contribution in [2.45, 2.75) is 58.1 Å². The number of Topliss-reactive ketones (excluding diaryl/α,β-unsaturated/α-hetero) is 1. The molecule has 0 radical (unpaired) electrons. The maximum absolute atomic E-state index is 12.8. The molecule has 158 valence electrons. The van der Waals surface area contributed by atoms with Gasteiger partial charge in [0.15, 0.2) is 0 Å². The number of fused-ring (bicyclic) bond motifs is 1. The molecule has 1 amide bonds. The quantitative estimate of drug-likeness (QED) is 0.528. The maximum Gasteiger partial charge on any atom is 0.292 e. The van der Waals surface area contributed by atoms with E-state index in [0.717, 1.165) is 43.4 Å². The third-order valence-corrected chi connectivity index (χ3v) is 5.94. The van der Waals surface area contributed by atoms with Crippen LogP contribution in [-0.2, 0) is 4.79 Å². The summed E-state index contributed by atoms with van der Waals surface area (Å²) in [6.07, 6.45) is 5.30. The number of nitrogens with one attached hydrogen (secondary N) is 1. The molecule has 1 aromatic carbocycles. The number of carbonyl (C=O) groups is 2. The highest BCUT2D eigenvalue weighted by Crippen LogP contribution is 2.25. The summed E-state index contributed by atoms with van der Waals surface area (Å²) >= 11 is 0. The molecule has 2 N–H and O–H groups in total. The molecule has 1 aliphatic rings. The van der Waals surface area contributed by atoms with Crippen molar-refractivity contribution in [2.75, 3.05) is 26.2 Å². The van der Waals surface area contributed by atoms with Crippen LogP contribution in [0.4, 0.5) is 0 Å². The number of aromatic nitrogens is 1. The van der Waals surface area contributed by atoms with Gasteiger partial charge in [-0.25, -0.2) is 0 Å². The van der Waals surface area contributed by atoms with E-state index in [1.54, 1.807) is 6.20 Å². The second-order valence-corrected chi connectivity index (χ2v) is 8.49. The minimum atomic E-state index is -0.940. The molecule has 29 heavy (non-hydrogen) atoms. The lowest BCUT2D eigenvalue weighted by Crippen LogP contribution is -2.51. The van der Waals surface area contributed by atoms with E-state index in [1.165, 1.54) is 0 Å². The third kappa shape index (κ3) is 4.87. The van der Waals surface area contributed by atoms with E-state index < -0.39 is 17.3 Å². The van der Waals surface area contributed by atoms with Crippen molar-refractivity contribution in [1.82, 2.24) is 14.8 Å². The Bertz CT molecular complexity index is 863. The highest BCUT2D eigenvalue weighted by atomic mass is 16.3. The van der Waals surface area contributed by atoms with E-state index in [4.69, 9.17) is 0 Å². The van der Waals surface area contributed by atoms with Crippen LogP contribution < -0.4 is 5.32 Å². The van der Waals surface area contributed by atoms with Crippen LogP contribution in [0.15, 0.2) is 30.5 Å². The Labute approximate surface area is 172 Å². The molecule has 1 aliphatic heterocycles. The van der Waals surface area contributed by atoms with Gasteiger partial charge in [-0.3, -0.25) is 9.59 Å². The lowest BCUT2D eigenvalue weighted by Gasteiger charge is -2.38. The highest BCUT2D eigenvalue weighted by molar-refractivity contribution is 6.45. The van der Waals surface area contributed by atoms with Crippen molar-refractivity contribution in [3.63, 3.8) is 0 Å². The standard InChI is InChI=1S/C23H33N3O3/c1-4-5-12-25-13-10-23(29,11-14-25)16-24-22(28)21(27)19-15-26(17(2)3)20-9-7-6-8-18(19)20/h6-9,15,17,29H,4-5,10-14,16H2,1-3H3,(H,24,28). The van der Waals surface area contributed by atoms with Crippen LogP contribution in [0.2, 0.25) is 0 Å². The number of aliphatic hydroxyl groups is 1. The molecule has 0 saturated carbocycles. The van der Waals surface area contributed by atoms with Gasteiger partial charge in [0, 0.05) is 42.8 Å². The summed E-state index contributed by atoms with van der Waals surface area (Å²) < 4.78 is 2.01. The van der Waals surface area contributed by atoms with Crippen LogP contribution in [0.25, 0.3) is 10.9 Å². The Balaban J connectivity index is 1.63. The summed E-state index contributed by atoms with van der Waals surface area (Å²) in [4.78, 5) is 27.7. The number of para-hydroxylation sites is 1. The third-order valence-electron chi connectivity index (χ3n) is 5.94. The van der Waals surface area contributed by atoms with Crippen molar-refractivity contribution in [3.05, 3.63) is 36.0 Å².